The fourth-order valence-electron chi connectivity index (χ4n) is 0.561. The first-order valence-electron chi connectivity index (χ1n) is 4.69. The van der Waals surface area contributed by atoms with Gasteiger partial charge in [-0.25, -0.2) is 0 Å². The van der Waals surface area contributed by atoms with Gasteiger partial charge in [0.1, 0.15) is 0 Å². The van der Waals surface area contributed by atoms with Crippen LogP contribution in [0.5, 0.6) is 0 Å². The second-order valence-corrected chi connectivity index (χ2v) is 4.21. The van der Waals surface area contributed by atoms with Gasteiger partial charge in [-0.05, 0) is 27.7 Å². The number of hydrogen-bond donors (Lipinski definition) is 1. The first-order valence-corrected chi connectivity index (χ1v) is 4.69. The van der Waals surface area contributed by atoms with Gasteiger partial charge in [-0.1, -0.05) is 12.1 Å². The third-order valence-corrected chi connectivity index (χ3v) is 2.31. The molecule has 0 aliphatic heterocycles. The van der Waals surface area contributed by atoms with E-state index in [1.807, 2.05) is 19.9 Å². The minimum Gasteiger partial charge on any atom is -0.427 e. The minimum absolute atomic E-state index is 0.558. The van der Waals surface area contributed by atoms with Gasteiger partial charge in [-0.15, -0.1) is 0 Å². The van der Waals surface area contributed by atoms with Crippen molar-refractivity contribution in [2.75, 3.05) is 13.7 Å². The summed E-state index contributed by atoms with van der Waals surface area (Å²) in [6, 6.07) is 0. The van der Waals surface area contributed by atoms with Gasteiger partial charge in [0.05, 0.1) is 17.8 Å². The predicted molar refractivity (Wildman–Crippen MR) is 58.2 cm³/mol. The van der Waals surface area contributed by atoms with E-state index in [-0.39, 0.29) is 0 Å². The smallest absolute Gasteiger partial charge is 0.322 e. The highest BCUT2D eigenvalue weighted by atomic mass is 16.5. The van der Waals surface area contributed by atoms with E-state index >= 15 is 0 Å². The van der Waals surface area contributed by atoms with Crippen molar-refractivity contribution in [2.45, 2.75) is 38.9 Å². The average Bonchev–Trinajstić information content (AvgIpc) is 2.02. The standard InChI is InChI=1S/C10H20BO3/c1-9(2,12)10(3,4)14-11-7-6-8-13-5/h6-7,12H,8H2,1-5H3/b7-6+. The maximum atomic E-state index is 9.75. The molecule has 3 nitrogen and oxygen atoms in total. The van der Waals surface area contributed by atoms with Crippen LogP contribution in [0.4, 0.5) is 0 Å². The van der Waals surface area contributed by atoms with Crippen molar-refractivity contribution in [3.63, 3.8) is 0 Å². The molecule has 0 heterocycles. The second-order valence-electron chi connectivity index (χ2n) is 4.21. The quantitative estimate of drug-likeness (QED) is 0.656. The molecule has 0 aromatic heterocycles. The molecule has 14 heavy (non-hydrogen) atoms. The number of ether oxygens (including phenoxy) is 1. The Labute approximate surface area is 87.4 Å². The summed E-state index contributed by atoms with van der Waals surface area (Å²) in [4.78, 5) is 0. The highest BCUT2D eigenvalue weighted by Gasteiger charge is 2.35. The van der Waals surface area contributed by atoms with Crippen LogP contribution < -0.4 is 0 Å². The summed E-state index contributed by atoms with van der Waals surface area (Å²) in [5, 5.41) is 9.75. The molecule has 0 bridgehead atoms. The van der Waals surface area contributed by atoms with Gasteiger partial charge in [0.2, 0.25) is 0 Å². The summed E-state index contributed by atoms with van der Waals surface area (Å²) >= 11 is 0. The molecule has 0 rings (SSSR count). The number of rotatable bonds is 6. The van der Waals surface area contributed by atoms with Crippen molar-refractivity contribution in [1.29, 1.82) is 0 Å². The molecule has 0 aliphatic carbocycles. The molecular weight excluding hydrogens is 179 g/mol. The summed E-state index contributed by atoms with van der Waals surface area (Å²) in [7, 11) is 3.20. The highest BCUT2D eigenvalue weighted by Crippen LogP contribution is 2.24. The molecular formula is C10H20BO3. The zero-order valence-corrected chi connectivity index (χ0v) is 9.70. The van der Waals surface area contributed by atoms with Gasteiger partial charge in [0, 0.05) is 7.11 Å². The van der Waals surface area contributed by atoms with Crippen molar-refractivity contribution >= 4 is 7.48 Å². The molecule has 4 heteroatoms. The van der Waals surface area contributed by atoms with Crippen molar-refractivity contribution in [3.05, 3.63) is 12.1 Å². The van der Waals surface area contributed by atoms with Crippen LogP contribution in [-0.4, -0.2) is 37.5 Å². The lowest BCUT2D eigenvalue weighted by Gasteiger charge is -2.37. The van der Waals surface area contributed by atoms with E-state index in [2.05, 4.69) is 0 Å². The molecule has 0 aliphatic rings. The second kappa shape index (κ2) is 5.54. The Kier molecular flexibility index (Phi) is 5.41. The zero-order valence-electron chi connectivity index (χ0n) is 9.70. The van der Waals surface area contributed by atoms with E-state index in [1.165, 1.54) is 0 Å². The maximum absolute atomic E-state index is 9.75. The molecule has 0 saturated carbocycles. The maximum Gasteiger partial charge on any atom is 0.322 e. The molecule has 0 saturated heterocycles. The van der Waals surface area contributed by atoms with Crippen LogP contribution in [0, 0.1) is 0 Å². The molecule has 0 amide bonds. The van der Waals surface area contributed by atoms with Crippen LogP contribution in [0.15, 0.2) is 12.1 Å². The van der Waals surface area contributed by atoms with E-state index < -0.39 is 11.2 Å². The third-order valence-electron chi connectivity index (χ3n) is 2.31. The van der Waals surface area contributed by atoms with Gasteiger partial charge in [-0.3, -0.25) is 0 Å². The molecule has 1 N–H and O–H groups in total. The molecule has 1 radical (unpaired) electrons. The van der Waals surface area contributed by atoms with Crippen LogP contribution in [0.1, 0.15) is 27.7 Å². The minimum atomic E-state index is -0.876. The number of hydrogen-bond acceptors (Lipinski definition) is 3. The van der Waals surface area contributed by atoms with Crippen LogP contribution in [0.25, 0.3) is 0 Å². The summed E-state index contributed by atoms with van der Waals surface area (Å²) in [5.41, 5.74) is -1.48. The van der Waals surface area contributed by atoms with Crippen LogP contribution in [-0.2, 0) is 9.39 Å². The Bertz CT molecular complexity index is 182. The topological polar surface area (TPSA) is 38.7 Å². The van der Waals surface area contributed by atoms with Crippen molar-refractivity contribution in [2.24, 2.45) is 0 Å². The number of aliphatic hydroxyl groups is 1. The fraction of sp³-hybridized carbons (Fsp3) is 0.800. The first-order chi connectivity index (χ1) is 6.31. The fourth-order valence-corrected chi connectivity index (χ4v) is 0.561. The largest absolute Gasteiger partial charge is 0.427 e. The SMILES string of the molecule is COC/C=C/[B]OC(C)(C)C(C)(C)O. The normalized spacial score (nSPS) is 13.6. The molecule has 0 unspecified atom stereocenters. The Balaban J connectivity index is 3.89. The molecule has 81 valence electrons. The third kappa shape index (κ3) is 4.79. The van der Waals surface area contributed by atoms with Gasteiger partial charge >= 0.3 is 7.48 Å². The molecule has 0 aromatic carbocycles. The number of methoxy groups -OCH3 is 1. The van der Waals surface area contributed by atoms with E-state index in [0.29, 0.717) is 6.61 Å². The Hall–Kier alpha value is -0.315. The molecule has 0 spiro atoms. The lowest BCUT2D eigenvalue weighted by molar-refractivity contribution is -0.0894. The van der Waals surface area contributed by atoms with E-state index in [4.69, 9.17) is 9.39 Å². The van der Waals surface area contributed by atoms with Crippen molar-refractivity contribution in [1.82, 2.24) is 0 Å². The average molecular weight is 199 g/mol. The summed E-state index contributed by atoms with van der Waals surface area (Å²) < 4.78 is 10.3. The van der Waals surface area contributed by atoms with Crippen LogP contribution in [0.3, 0.4) is 0 Å². The molecule has 0 fully saturated rings. The highest BCUT2D eigenvalue weighted by molar-refractivity contribution is 6.34. The monoisotopic (exact) mass is 199 g/mol. The van der Waals surface area contributed by atoms with Crippen LogP contribution >= 0.6 is 0 Å². The molecule has 0 aromatic rings. The lowest BCUT2D eigenvalue weighted by atomic mass is 9.86. The van der Waals surface area contributed by atoms with E-state index in [0.717, 1.165) is 0 Å². The van der Waals surface area contributed by atoms with Crippen molar-refractivity contribution < 1.29 is 14.5 Å². The summed E-state index contributed by atoms with van der Waals surface area (Å²) in [5.74, 6) is 1.76. The lowest BCUT2D eigenvalue weighted by Crippen LogP contribution is -2.47. The van der Waals surface area contributed by atoms with Gasteiger partial charge in [0.15, 0.2) is 0 Å². The predicted octanol–water partition coefficient (Wildman–Crippen LogP) is 1.33. The van der Waals surface area contributed by atoms with E-state index in [9.17, 15) is 5.11 Å². The summed E-state index contributed by atoms with van der Waals surface area (Å²) in [6.45, 7) is 7.68. The summed E-state index contributed by atoms with van der Waals surface area (Å²) in [6.07, 6.45) is 1.83. The van der Waals surface area contributed by atoms with Gasteiger partial charge in [0.25, 0.3) is 0 Å². The van der Waals surface area contributed by atoms with E-state index in [1.54, 1.807) is 34.4 Å². The van der Waals surface area contributed by atoms with Crippen LogP contribution in [0.2, 0.25) is 0 Å². The Morgan fingerprint density at radius 2 is 1.86 bits per heavy atom. The van der Waals surface area contributed by atoms with Crippen molar-refractivity contribution in [3.8, 4) is 0 Å². The zero-order chi connectivity index (χ0) is 11.2. The first kappa shape index (κ1) is 13.7. The Morgan fingerprint density at radius 3 is 2.29 bits per heavy atom. The van der Waals surface area contributed by atoms with Gasteiger partial charge in [-0.2, -0.15) is 0 Å². The Morgan fingerprint density at radius 1 is 1.29 bits per heavy atom. The van der Waals surface area contributed by atoms with Gasteiger partial charge < -0.3 is 14.5 Å². The molecule has 0 atom stereocenters.